The maximum Gasteiger partial charge on any atom is 0.271 e. The van der Waals surface area contributed by atoms with Crippen LogP contribution in [0.15, 0.2) is 54.7 Å². The third-order valence-corrected chi connectivity index (χ3v) is 4.20. The van der Waals surface area contributed by atoms with Crippen LogP contribution in [0.1, 0.15) is 47.4 Å². The molecule has 3 N–H and O–H groups in total. The number of hydrogen-bond acceptors (Lipinski definition) is 4. The molecule has 1 heterocycles. The molecule has 3 aromatic rings. The number of hydrogen-bond donors (Lipinski definition) is 2. The van der Waals surface area contributed by atoms with Gasteiger partial charge in [0, 0.05) is 12.6 Å². The first-order valence-electron chi connectivity index (χ1n) is 8.40. The van der Waals surface area contributed by atoms with Crippen LogP contribution in [-0.4, -0.2) is 22.4 Å². The van der Waals surface area contributed by atoms with Crippen molar-refractivity contribution in [3.05, 3.63) is 71.5 Å². The highest BCUT2D eigenvalue weighted by Crippen LogP contribution is 2.17. The molecule has 0 aliphatic heterocycles. The van der Waals surface area contributed by atoms with Gasteiger partial charge in [-0.25, -0.2) is 4.98 Å². The molecule has 5 heteroatoms. The van der Waals surface area contributed by atoms with Gasteiger partial charge in [0.05, 0.1) is 17.2 Å². The summed E-state index contributed by atoms with van der Waals surface area (Å²) in [5.74, 6) is 0.212. The Morgan fingerprint density at radius 2 is 1.68 bits per heavy atom. The fourth-order valence-corrected chi connectivity index (χ4v) is 2.61. The van der Waals surface area contributed by atoms with Crippen molar-refractivity contribution in [1.82, 2.24) is 15.3 Å². The Bertz CT molecular complexity index is 874. The second-order valence-corrected chi connectivity index (χ2v) is 6.38. The van der Waals surface area contributed by atoms with Gasteiger partial charge in [-0.05, 0) is 29.2 Å². The Hall–Kier alpha value is -2.79. The van der Waals surface area contributed by atoms with E-state index < -0.39 is 0 Å². The van der Waals surface area contributed by atoms with Crippen molar-refractivity contribution in [2.24, 2.45) is 5.73 Å². The average molecular weight is 334 g/mol. The molecule has 3 rings (SSSR count). The highest BCUT2D eigenvalue weighted by molar-refractivity contribution is 5.93. The normalized spacial score (nSPS) is 12.3. The predicted molar refractivity (Wildman–Crippen MR) is 99.3 cm³/mol. The molecule has 0 saturated heterocycles. The van der Waals surface area contributed by atoms with Crippen LogP contribution < -0.4 is 11.1 Å². The van der Waals surface area contributed by atoms with Crippen LogP contribution in [0, 0.1) is 0 Å². The smallest absolute Gasteiger partial charge is 0.271 e. The van der Waals surface area contributed by atoms with E-state index in [9.17, 15) is 4.79 Å². The van der Waals surface area contributed by atoms with Crippen molar-refractivity contribution >= 4 is 16.9 Å². The van der Waals surface area contributed by atoms with Gasteiger partial charge in [0.1, 0.15) is 5.69 Å². The number of nitrogens with one attached hydrogen (secondary N) is 1. The van der Waals surface area contributed by atoms with Crippen molar-refractivity contribution in [2.45, 2.75) is 25.8 Å². The minimum atomic E-state index is -0.271. The highest BCUT2D eigenvalue weighted by Gasteiger charge is 2.12. The zero-order chi connectivity index (χ0) is 17.8. The lowest BCUT2D eigenvalue weighted by molar-refractivity contribution is 0.0946. The summed E-state index contributed by atoms with van der Waals surface area (Å²) in [7, 11) is 0. The number of aromatic nitrogens is 2. The van der Waals surface area contributed by atoms with Crippen LogP contribution in [0.4, 0.5) is 0 Å². The molecular weight excluding hydrogens is 312 g/mol. The van der Waals surface area contributed by atoms with E-state index in [-0.39, 0.29) is 11.9 Å². The number of amides is 1. The Morgan fingerprint density at radius 3 is 2.36 bits per heavy atom. The first-order chi connectivity index (χ1) is 12.0. The van der Waals surface area contributed by atoms with Crippen LogP contribution in [-0.2, 0) is 0 Å². The molecule has 2 aromatic carbocycles. The topological polar surface area (TPSA) is 80.9 Å². The zero-order valence-corrected chi connectivity index (χ0v) is 14.4. The van der Waals surface area contributed by atoms with Gasteiger partial charge in [-0.2, -0.15) is 0 Å². The van der Waals surface area contributed by atoms with E-state index in [2.05, 4.69) is 41.3 Å². The summed E-state index contributed by atoms with van der Waals surface area (Å²) >= 11 is 0. The number of para-hydroxylation sites is 2. The lowest BCUT2D eigenvalue weighted by atomic mass is 9.99. The lowest BCUT2D eigenvalue weighted by Gasteiger charge is -2.14. The molecule has 0 spiro atoms. The van der Waals surface area contributed by atoms with Crippen molar-refractivity contribution < 1.29 is 4.79 Å². The lowest BCUT2D eigenvalue weighted by Crippen LogP contribution is -2.32. The van der Waals surface area contributed by atoms with E-state index in [1.807, 2.05) is 36.4 Å². The summed E-state index contributed by atoms with van der Waals surface area (Å²) in [4.78, 5) is 20.9. The Kier molecular flexibility index (Phi) is 5.05. The predicted octanol–water partition coefficient (Wildman–Crippen LogP) is 3.18. The van der Waals surface area contributed by atoms with Crippen LogP contribution in [0.3, 0.4) is 0 Å². The third-order valence-electron chi connectivity index (χ3n) is 4.20. The Labute approximate surface area is 147 Å². The fourth-order valence-electron chi connectivity index (χ4n) is 2.61. The van der Waals surface area contributed by atoms with Crippen molar-refractivity contribution in [1.29, 1.82) is 0 Å². The molecule has 5 nitrogen and oxygen atoms in total. The molecule has 128 valence electrons. The van der Waals surface area contributed by atoms with Gasteiger partial charge in [0.2, 0.25) is 0 Å². The van der Waals surface area contributed by atoms with E-state index in [0.717, 1.165) is 11.1 Å². The summed E-state index contributed by atoms with van der Waals surface area (Å²) < 4.78 is 0. The van der Waals surface area contributed by atoms with Gasteiger partial charge in [-0.1, -0.05) is 50.2 Å². The second-order valence-electron chi connectivity index (χ2n) is 6.38. The van der Waals surface area contributed by atoms with Crippen LogP contribution in [0.5, 0.6) is 0 Å². The fraction of sp³-hybridized carbons (Fsp3) is 0.250. The molecule has 0 aliphatic rings. The van der Waals surface area contributed by atoms with E-state index >= 15 is 0 Å². The summed E-state index contributed by atoms with van der Waals surface area (Å²) in [5.41, 5.74) is 10.2. The number of benzene rings is 2. The number of rotatable bonds is 5. The van der Waals surface area contributed by atoms with Gasteiger partial charge < -0.3 is 11.1 Å². The number of nitrogens with two attached hydrogens (primary N) is 1. The zero-order valence-electron chi connectivity index (χ0n) is 14.4. The molecule has 0 fully saturated rings. The van der Waals surface area contributed by atoms with E-state index in [1.165, 1.54) is 11.8 Å². The first-order valence-corrected chi connectivity index (χ1v) is 8.40. The molecule has 0 bridgehead atoms. The summed E-state index contributed by atoms with van der Waals surface area (Å²) in [6.45, 7) is 4.65. The monoisotopic (exact) mass is 334 g/mol. The largest absolute Gasteiger partial charge is 0.349 e. The van der Waals surface area contributed by atoms with Crippen LogP contribution >= 0.6 is 0 Å². The third kappa shape index (κ3) is 4.00. The van der Waals surface area contributed by atoms with Crippen LogP contribution in [0.25, 0.3) is 11.0 Å². The number of fused-ring (bicyclic) bond motifs is 1. The minimum Gasteiger partial charge on any atom is -0.349 e. The maximum atomic E-state index is 12.3. The standard InChI is InChI=1S/C20H22N4O/c1-13(2)14-7-9-15(10-8-14)16(21)11-23-20(25)19-12-22-17-5-3-4-6-18(17)24-19/h3-10,12-13,16H,11,21H2,1-2H3,(H,23,25). The molecule has 0 radical (unpaired) electrons. The SMILES string of the molecule is CC(C)c1ccc(C(N)CNC(=O)c2cnc3ccccc3n2)cc1. The summed E-state index contributed by atoms with van der Waals surface area (Å²) in [6, 6.07) is 15.4. The highest BCUT2D eigenvalue weighted by atomic mass is 16.1. The van der Waals surface area contributed by atoms with E-state index in [1.54, 1.807) is 0 Å². The average Bonchev–Trinajstić information content (AvgIpc) is 2.65. The molecule has 1 aromatic heterocycles. The van der Waals surface area contributed by atoms with E-state index in [0.29, 0.717) is 23.7 Å². The van der Waals surface area contributed by atoms with Gasteiger partial charge in [0.25, 0.3) is 5.91 Å². The van der Waals surface area contributed by atoms with Crippen molar-refractivity contribution in [3.8, 4) is 0 Å². The molecule has 1 unspecified atom stereocenters. The molecular formula is C20H22N4O. The molecule has 1 amide bonds. The van der Waals surface area contributed by atoms with Gasteiger partial charge in [-0.3, -0.25) is 9.78 Å². The van der Waals surface area contributed by atoms with Gasteiger partial charge in [0.15, 0.2) is 0 Å². The Balaban J connectivity index is 1.64. The molecule has 25 heavy (non-hydrogen) atoms. The number of carbonyl (C=O) groups is 1. The Morgan fingerprint density at radius 1 is 1.04 bits per heavy atom. The van der Waals surface area contributed by atoms with Crippen LogP contribution in [0.2, 0.25) is 0 Å². The summed E-state index contributed by atoms with van der Waals surface area (Å²) in [5, 5.41) is 2.83. The molecule has 0 saturated carbocycles. The summed E-state index contributed by atoms with van der Waals surface area (Å²) in [6.07, 6.45) is 1.49. The van der Waals surface area contributed by atoms with Gasteiger partial charge >= 0.3 is 0 Å². The molecule has 1 atom stereocenters. The van der Waals surface area contributed by atoms with Gasteiger partial charge in [-0.15, -0.1) is 0 Å². The minimum absolute atomic E-state index is 0.265. The molecule has 0 aliphatic carbocycles. The van der Waals surface area contributed by atoms with Crippen molar-refractivity contribution in [3.63, 3.8) is 0 Å². The van der Waals surface area contributed by atoms with E-state index in [4.69, 9.17) is 5.73 Å². The first kappa shape index (κ1) is 17.0. The maximum absolute atomic E-state index is 12.3. The van der Waals surface area contributed by atoms with Crippen molar-refractivity contribution in [2.75, 3.05) is 6.54 Å². The number of nitrogens with zero attached hydrogens (tertiary/aromatic N) is 2. The second kappa shape index (κ2) is 7.40. The number of carbonyl (C=O) groups excluding carboxylic acids is 1. The quantitative estimate of drug-likeness (QED) is 0.751.